The van der Waals surface area contributed by atoms with Crippen LogP contribution in [0.3, 0.4) is 0 Å². The summed E-state index contributed by atoms with van der Waals surface area (Å²) in [6.45, 7) is 6.36. The van der Waals surface area contributed by atoms with Crippen LogP contribution in [-0.2, 0) is 6.42 Å². The molecule has 0 bridgehead atoms. The molecule has 0 fully saturated rings. The molecule has 43 heavy (non-hydrogen) atoms. The molecule has 0 aliphatic rings. The summed E-state index contributed by atoms with van der Waals surface area (Å²) >= 11 is 0. The van der Waals surface area contributed by atoms with Crippen molar-refractivity contribution in [2.45, 2.75) is 71.6 Å². The molecule has 0 spiro atoms. The van der Waals surface area contributed by atoms with Gasteiger partial charge in [0.15, 0.2) is 0 Å². The Morgan fingerprint density at radius 1 is 0.442 bits per heavy atom. The second-order valence-corrected chi connectivity index (χ2v) is 12.2. The topological polar surface area (TPSA) is 0 Å². The third-order valence-corrected chi connectivity index (χ3v) is 9.74. The molecule has 0 saturated heterocycles. The summed E-state index contributed by atoms with van der Waals surface area (Å²) in [5, 5.41) is 16.7. The Balaban J connectivity index is 0.00000147. The van der Waals surface area contributed by atoms with Crippen LogP contribution in [0.25, 0.3) is 64.6 Å². The fourth-order valence-corrected chi connectivity index (χ4v) is 7.66. The fourth-order valence-electron chi connectivity index (χ4n) is 7.66. The molecule has 1 atom stereocenters. The molecule has 0 saturated carbocycles. The van der Waals surface area contributed by atoms with Gasteiger partial charge in [0, 0.05) is 0 Å². The Morgan fingerprint density at radius 2 is 0.837 bits per heavy atom. The molecule has 8 aromatic rings. The average Bonchev–Trinajstić information content (AvgIpc) is 3.06. The largest absolute Gasteiger partial charge is 0.0683 e. The normalized spacial score (nSPS) is 12.6. The van der Waals surface area contributed by atoms with Gasteiger partial charge in [0.25, 0.3) is 0 Å². The lowest BCUT2D eigenvalue weighted by atomic mass is 9.86. The summed E-state index contributed by atoms with van der Waals surface area (Å²) in [7, 11) is 0. The van der Waals surface area contributed by atoms with Gasteiger partial charge in [0.1, 0.15) is 0 Å². The van der Waals surface area contributed by atoms with Gasteiger partial charge < -0.3 is 0 Å². The maximum Gasteiger partial charge on any atom is -0.00266 e. The van der Waals surface area contributed by atoms with E-state index in [4.69, 9.17) is 0 Å². The molecular weight excluding hydrogens is 516 g/mol. The highest BCUT2D eigenvalue weighted by molar-refractivity contribution is 6.24. The van der Waals surface area contributed by atoms with Crippen molar-refractivity contribution in [1.82, 2.24) is 0 Å². The molecule has 1 unspecified atom stereocenters. The van der Waals surface area contributed by atoms with E-state index in [1.165, 1.54) is 121 Å². The van der Waals surface area contributed by atoms with Crippen molar-refractivity contribution in [2.24, 2.45) is 0 Å². The Morgan fingerprint density at radius 3 is 1.30 bits per heavy atom. The van der Waals surface area contributed by atoms with E-state index in [-0.39, 0.29) is 0 Å². The molecule has 0 heterocycles. The van der Waals surface area contributed by atoms with Crippen molar-refractivity contribution in [3.63, 3.8) is 0 Å². The van der Waals surface area contributed by atoms with Crippen molar-refractivity contribution in [1.29, 1.82) is 0 Å². The lowest BCUT2D eigenvalue weighted by molar-refractivity contribution is 0.537. The Bertz CT molecular complexity index is 2020. The van der Waals surface area contributed by atoms with Gasteiger partial charge in [-0.15, -0.1) is 0 Å². The summed E-state index contributed by atoms with van der Waals surface area (Å²) in [5.74, 6) is 0.636. The van der Waals surface area contributed by atoms with Crippen LogP contribution in [0.1, 0.15) is 76.3 Å². The lowest BCUT2D eigenvalue weighted by Crippen LogP contribution is -1.99. The molecule has 0 aliphatic carbocycles. The first-order valence-electron chi connectivity index (χ1n) is 16.6. The zero-order valence-corrected chi connectivity index (χ0v) is 25.9. The molecule has 214 valence electrons. The van der Waals surface area contributed by atoms with Gasteiger partial charge in [0.05, 0.1) is 0 Å². The van der Waals surface area contributed by atoms with Gasteiger partial charge in [-0.05, 0) is 107 Å². The summed E-state index contributed by atoms with van der Waals surface area (Å²) < 4.78 is 0. The minimum absolute atomic E-state index is 0.636. The van der Waals surface area contributed by atoms with Crippen LogP contribution < -0.4 is 0 Å². The van der Waals surface area contributed by atoms with E-state index >= 15 is 0 Å². The number of rotatable bonds is 9. The molecule has 8 rings (SSSR count). The Hall–Kier alpha value is -4.16. The van der Waals surface area contributed by atoms with E-state index in [0.29, 0.717) is 5.92 Å². The van der Waals surface area contributed by atoms with Crippen molar-refractivity contribution < 1.29 is 0 Å². The first kappa shape index (κ1) is 27.7. The second kappa shape index (κ2) is 11.8. The van der Waals surface area contributed by atoms with Gasteiger partial charge in [-0.1, -0.05) is 149 Å². The van der Waals surface area contributed by atoms with Crippen LogP contribution in [0.15, 0.2) is 109 Å². The van der Waals surface area contributed by atoms with E-state index in [1.54, 1.807) is 0 Å². The summed E-state index contributed by atoms with van der Waals surface area (Å²) in [5.41, 5.74) is 3.00. The standard InChI is InChI=1S/C41H36.C2H6/c1-2-28(37-25-35-21-17-31-13-8-14-32-18-22-36(26-37)41(35)39(31)32)10-6-4-3-5-9-27-23-33-19-15-29-11-7-12-30-16-20-34(24-27)40(33)38(29)30;1-2/h7-8,11-26,28H,2-6,9-10H2,1H3;1-2H3. The number of hydrogen-bond acceptors (Lipinski definition) is 0. The fraction of sp³-hybridized carbons (Fsp3) is 0.256. The highest BCUT2D eigenvalue weighted by Gasteiger charge is 2.14. The SMILES string of the molecule is CC.CCC(CCCCCCc1cc2ccc3cccc4ccc(c1)c2c34)c1cc2ccc3cccc4ccc(c1)c2c34. The number of unbranched alkanes of at least 4 members (excludes halogenated alkanes) is 3. The lowest BCUT2D eigenvalue weighted by Gasteiger charge is -2.18. The summed E-state index contributed by atoms with van der Waals surface area (Å²) in [6, 6.07) is 41.6. The highest BCUT2D eigenvalue weighted by atomic mass is 14.2. The van der Waals surface area contributed by atoms with Crippen molar-refractivity contribution in [3.05, 3.63) is 120 Å². The van der Waals surface area contributed by atoms with Crippen molar-refractivity contribution >= 4 is 64.6 Å². The van der Waals surface area contributed by atoms with Gasteiger partial charge >= 0.3 is 0 Å². The maximum atomic E-state index is 2.48. The minimum Gasteiger partial charge on any atom is -0.0683 e. The summed E-state index contributed by atoms with van der Waals surface area (Å²) in [6.07, 6.45) is 8.86. The molecule has 0 heteroatoms. The Kier molecular flexibility index (Phi) is 7.62. The minimum atomic E-state index is 0.636. The van der Waals surface area contributed by atoms with Crippen LogP contribution >= 0.6 is 0 Å². The van der Waals surface area contributed by atoms with Crippen LogP contribution in [0, 0.1) is 0 Å². The van der Waals surface area contributed by atoms with Crippen LogP contribution in [-0.4, -0.2) is 0 Å². The Labute approximate surface area is 256 Å². The molecule has 0 nitrogen and oxygen atoms in total. The molecule has 0 aromatic heterocycles. The zero-order chi connectivity index (χ0) is 29.3. The van der Waals surface area contributed by atoms with Crippen molar-refractivity contribution in [2.75, 3.05) is 0 Å². The number of benzene rings is 8. The molecule has 0 N–H and O–H groups in total. The second-order valence-electron chi connectivity index (χ2n) is 12.2. The van der Waals surface area contributed by atoms with Crippen LogP contribution in [0.5, 0.6) is 0 Å². The molecular formula is C43H42. The maximum absolute atomic E-state index is 2.48. The monoisotopic (exact) mass is 558 g/mol. The zero-order valence-electron chi connectivity index (χ0n) is 25.9. The molecule has 0 aliphatic heterocycles. The summed E-state index contributed by atoms with van der Waals surface area (Å²) in [4.78, 5) is 0. The van der Waals surface area contributed by atoms with E-state index < -0.39 is 0 Å². The highest BCUT2D eigenvalue weighted by Crippen LogP contribution is 2.38. The van der Waals surface area contributed by atoms with Crippen LogP contribution in [0.4, 0.5) is 0 Å². The first-order chi connectivity index (χ1) is 21.3. The molecule has 0 radical (unpaired) electrons. The van der Waals surface area contributed by atoms with Gasteiger partial charge in [-0.25, -0.2) is 0 Å². The van der Waals surface area contributed by atoms with Gasteiger partial charge in [-0.2, -0.15) is 0 Å². The molecule has 8 aromatic carbocycles. The first-order valence-corrected chi connectivity index (χ1v) is 16.6. The average molecular weight is 559 g/mol. The predicted molar refractivity (Wildman–Crippen MR) is 191 cm³/mol. The smallest absolute Gasteiger partial charge is 0.00266 e. The number of hydrogen-bond donors (Lipinski definition) is 0. The quantitative estimate of drug-likeness (QED) is 0.122. The van der Waals surface area contributed by atoms with E-state index in [9.17, 15) is 0 Å². The third-order valence-electron chi connectivity index (χ3n) is 9.74. The number of aryl methyl sites for hydroxylation is 1. The van der Waals surface area contributed by atoms with E-state index in [2.05, 4.69) is 116 Å². The third kappa shape index (κ3) is 4.98. The van der Waals surface area contributed by atoms with Gasteiger partial charge in [-0.3, -0.25) is 0 Å². The molecule has 0 amide bonds. The van der Waals surface area contributed by atoms with E-state index in [0.717, 1.165) is 0 Å². The van der Waals surface area contributed by atoms with Gasteiger partial charge in [0.2, 0.25) is 0 Å². The van der Waals surface area contributed by atoms with Crippen LogP contribution in [0.2, 0.25) is 0 Å². The predicted octanol–water partition coefficient (Wildman–Crippen LogP) is 13.2. The van der Waals surface area contributed by atoms with E-state index in [1.807, 2.05) is 13.8 Å². The van der Waals surface area contributed by atoms with Crippen molar-refractivity contribution in [3.8, 4) is 0 Å².